The molecule has 0 radical (unpaired) electrons. The molecule has 0 fully saturated rings. The van der Waals surface area contributed by atoms with Gasteiger partial charge in [-0.3, -0.25) is 0 Å². The number of fused-ring (bicyclic) bond motifs is 7. The minimum absolute atomic E-state index is 0.0904. The second-order valence-electron chi connectivity index (χ2n) is 17.0. The van der Waals surface area contributed by atoms with E-state index in [2.05, 4.69) is 208 Å². The summed E-state index contributed by atoms with van der Waals surface area (Å²) in [6, 6.07) is 68.0. The molecule has 0 saturated heterocycles. The third kappa shape index (κ3) is 5.62. The number of rotatable bonds is 5. The molecule has 0 spiro atoms. The van der Waals surface area contributed by atoms with E-state index in [0.29, 0.717) is 0 Å². The maximum Gasteiger partial charge on any atom is 0.193 e. The fourth-order valence-corrected chi connectivity index (χ4v) is 9.67. The van der Waals surface area contributed by atoms with Crippen molar-refractivity contribution >= 4 is 51.1 Å². The van der Waals surface area contributed by atoms with Crippen LogP contribution in [0.4, 0.5) is 11.4 Å². The van der Waals surface area contributed by atoms with Crippen molar-refractivity contribution in [2.45, 2.75) is 32.1 Å². The van der Waals surface area contributed by atoms with Gasteiger partial charge in [-0.15, -0.1) is 0 Å². The van der Waals surface area contributed by atoms with Crippen molar-refractivity contribution in [3.8, 4) is 44.5 Å². The van der Waals surface area contributed by atoms with E-state index in [1.807, 2.05) is 0 Å². The van der Waals surface area contributed by atoms with Crippen LogP contribution in [0.3, 0.4) is 0 Å². The van der Waals surface area contributed by atoms with Crippen molar-refractivity contribution < 1.29 is 0 Å². The summed E-state index contributed by atoms with van der Waals surface area (Å²) in [7, 11) is 0.862. The van der Waals surface area contributed by atoms with Gasteiger partial charge in [0.15, 0.2) is 7.28 Å². The first-order valence-electron chi connectivity index (χ1n) is 20.2. The van der Waals surface area contributed by atoms with Crippen LogP contribution in [0.1, 0.15) is 48.9 Å². The van der Waals surface area contributed by atoms with E-state index < -0.39 is 0 Å². The molecule has 0 amide bonds. The average molecular weight is 728 g/mol. The third-order valence-corrected chi connectivity index (χ3v) is 12.5. The van der Waals surface area contributed by atoms with Crippen molar-refractivity contribution in [2.24, 2.45) is 0 Å². The molecule has 1 N–H and O–H groups in total. The molecule has 1 heterocycles. The van der Waals surface area contributed by atoms with E-state index in [0.717, 1.165) is 18.7 Å². The van der Waals surface area contributed by atoms with Crippen LogP contribution in [0.15, 0.2) is 182 Å². The number of nitrogens with one attached hydrogen (secondary N) is 1. The number of hydrogen-bond donors (Lipinski definition) is 1. The Morgan fingerprint density at radius 1 is 0.474 bits per heavy atom. The number of anilines is 2. The van der Waals surface area contributed by atoms with Crippen molar-refractivity contribution in [1.82, 2.24) is 0 Å². The van der Waals surface area contributed by atoms with Crippen LogP contribution in [0.2, 0.25) is 0 Å². The fourth-order valence-electron chi connectivity index (χ4n) is 9.67. The molecule has 9 aromatic carbocycles. The minimum Gasteiger partial charge on any atom is -0.355 e. The summed E-state index contributed by atoms with van der Waals surface area (Å²) in [5.41, 5.74) is 21.1. The molecule has 1 aliphatic heterocycles. The molecule has 2 heteroatoms. The van der Waals surface area contributed by atoms with Gasteiger partial charge in [0.25, 0.3) is 0 Å². The molecule has 2 aliphatic rings. The van der Waals surface area contributed by atoms with Gasteiger partial charge in [-0.25, -0.2) is 0 Å². The van der Waals surface area contributed by atoms with Gasteiger partial charge in [0, 0.05) is 22.9 Å². The Morgan fingerprint density at radius 2 is 1.11 bits per heavy atom. The van der Waals surface area contributed by atoms with Gasteiger partial charge < -0.3 is 5.32 Å². The molecular weight excluding hydrogens is 685 g/mol. The summed E-state index contributed by atoms with van der Waals surface area (Å²) in [6.07, 6.45) is 0. The molecule has 0 saturated carbocycles. The van der Waals surface area contributed by atoms with Gasteiger partial charge in [-0.05, 0) is 125 Å². The molecule has 11 rings (SSSR count). The summed E-state index contributed by atoms with van der Waals surface area (Å²) >= 11 is 0. The van der Waals surface area contributed by atoms with E-state index >= 15 is 0 Å². The van der Waals surface area contributed by atoms with Crippen molar-refractivity contribution in [3.63, 3.8) is 0 Å². The predicted octanol–water partition coefficient (Wildman–Crippen LogP) is 12.9. The standard InChI is InChI=1S/C55H42BN/c1-55(2,3)41-23-25-42(26-24-41)57-50-33-37-19-11-10-18-36(37)29-47(50)52-43-21-13-12-20-39(43)30-48-51-44-27-22-38(34-14-6-4-7-15-34)28-45(44)46-31-40(35-16-8-5-9-17-35)32-49(53(46)51)56-54(48)52/h4-33,51,56-57H,1-3H3/t51-/m1/s1. The lowest BCUT2D eigenvalue weighted by molar-refractivity contribution is 0.590. The molecule has 1 nitrogen and oxygen atoms in total. The highest BCUT2D eigenvalue weighted by atomic mass is 14.9. The maximum atomic E-state index is 3.94. The molecule has 0 aromatic heterocycles. The zero-order valence-electron chi connectivity index (χ0n) is 32.6. The SMILES string of the molecule is CC(C)(C)c1ccc(Nc2cc3ccccc3cc2-c2c3c(cc4ccccc24)[C@H]2c4ccc(-c5ccccc5)cc4-c4cc(-c5ccccc5)cc(c42)B3)cc1. The zero-order valence-corrected chi connectivity index (χ0v) is 32.6. The van der Waals surface area contributed by atoms with E-state index in [-0.39, 0.29) is 11.3 Å². The highest BCUT2D eigenvalue weighted by Crippen LogP contribution is 2.52. The molecular formula is C55H42BN. The van der Waals surface area contributed by atoms with Crippen LogP contribution in [0.5, 0.6) is 0 Å². The summed E-state index contributed by atoms with van der Waals surface area (Å²) < 4.78 is 0. The monoisotopic (exact) mass is 727 g/mol. The first-order chi connectivity index (χ1) is 27.9. The predicted molar refractivity (Wildman–Crippen MR) is 245 cm³/mol. The number of benzene rings is 9. The third-order valence-electron chi connectivity index (χ3n) is 12.5. The lowest BCUT2D eigenvalue weighted by Gasteiger charge is -2.30. The quantitative estimate of drug-likeness (QED) is 0.174. The number of hydrogen-bond acceptors (Lipinski definition) is 1. The Balaban J connectivity index is 1.17. The molecule has 0 bridgehead atoms. The molecule has 57 heavy (non-hydrogen) atoms. The lowest BCUT2D eigenvalue weighted by Crippen LogP contribution is -2.40. The van der Waals surface area contributed by atoms with Gasteiger partial charge in [-0.2, -0.15) is 0 Å². The van der Waals surface area contributed by atoms with Crippen LogP contribution in [-0.4, -0.2) is 7.28 Å². The molecule has 9 aromatic rings. The minimum atomic E-state index is 0.0904. The molecule has 0 unspecified atom stereocenters. The Hall–Kier alpha value is -6.64. The Morgan fingerprint density at radius 3 is 1.82 bits per heavy atom. The van der Waals surface area contributed by atoms with Gasteiger partial charge in [0.2, 0.25) is 0 Å². The van der Waals surface area contributed by atoms with Crippen LogP contribution in [-0.2, 0) is 5.41 Å². The largest absolute Gasteiger partial charge is 0.355 e. The Kier molecular flexibility index (Phi) is 7.66. The van der Waals surface area contributed by atoms with Crippen molar-refractivity contribution in [2.75, 3.05) is 5.32 Å². The average Bonchev–Trinajstić information content (AvgIpc) is 3.58. The van der Waals surface area contributed by atoms with E-state index in [1.54, 1.807) is 0 Å². The normalized spacial score (nSPS) is 13.8. The van der Waals surface area contributed by atoms with Crippen LogP contribution in [0, 0.1) is 0 Å². The first kappa shape index (κ1) is 33.7. The summed E-state index contributed by atoms with van der Waals surface area (Å²) in [5.74, 6) is 0.147. The Labute approximate surface area is 335 Å². The second kappa shape index (κ2) is 13.0. The topological polar surface area (TPSA) is 12.0 Å². The highest BCUT2D eigenvalue weighted by Gasteiger charge is 2.39. The Bertz CT molecular complexity index is 3030. The summed E-state index contributed by atoms with van der Waals surface area (Å²) in [6.45, 7) is 6.82. The summed E-state index contributed by atoms with van der Waals surface area (Å²) in [5, 5.41) is 8.97. The van der Waals surface area contributed by atoms with E-state index in [9.17, 15) is 0 Å². The van der Waals surface area contributed by atoms with Gasteiger partial charge in [-0.1, -0.05) is 177 Å². The molecule has 1 aliphatic carbocycles. The van der Waals surface area contributed by atoms with Gasteiger partial charge in [0.05, 0.1) is 0 Å². The van der Waals surface area contributed by atoms with E-state index in [1.165, 1.54) is 99.2 Å². The molecule has 1 atom stereocenters. The van der Waals surface area contributed by atoms with Crippen LogP contribution < -0.4 is 16.2 Å². The lowest BCUT2D eigenvalue weighted by atomic mass is 9.52. The second-order valence-corrected chi connectivity index (χ2v) is 17.0. The first-order valence-corrected chi connectivity index (χ1v) is 20.2. The van der Waals surface area contributed by atoms with Crippen molar-refractivity contribution in [1.29, 1.82) is 0 Å². The van der Waals surface area contributed by atoms with Crippen LogP contribution >= 0.6 is 0 Å². The van der Waals surface area contributed by atoms with E-state index in [4.69, 9.17) is 0 Å². The zero-order chi connectivity index (χ0) is 38.3. The summed E-state index contributed by atoms with van der Waals surface area (Å²) in [4.78, 5) is 0. The van der Waals surface area contributed by atoms with Gasteiger partial charge >= 0.3 is 0 Å². The fraction of sp³-hybridized carbons (Fsp3) is 0.0909. The van der Waals surface area contributed by atoms with Crippen molar-refractivity contribution in [3.05, 3.63) is 204 Å². The van der Waals surface area contributed by atoms with Crippen LogP contribution in [0.25, 0.3) is 66.1 Å². The smallest absolute Gasteiger partial charge is 0.193 e. The highest BCUT2D eigenvalue weighted by molar-refractivity contribution is 6.71. The molecule has 270 valence electrons. The van der Waals surface area contributed by atoms with Gasteiger partial charge in [0.1, 0.15) is 0 Å². The maximum absolute atomic E-state index is 3.94.